The monoisotopic (exact) mass is 344 g/mol. The number of nitrogens with one attached hydrogen (secondary N) is 1. The van der Waals surface area contributed by atoms with Crippen LogP contribution in [0.15, 0.2) is 18.2 Å². The highest BCUT2D eigenvalue weighted by atomic mass is 35.5. The zero-order chi connectivity index (χ0) is 16.7. The molecule has 0 aliphatic heterocycles. The Labute approximate surface area is 145 Å². The molecule has 1 rings (SSSR count). The van der Waals surface area contributed by atoms with E-state index in [1.165, 1.54) is 0 Å². The Hall–Kier alpha value is -1.46. The van der Waals surface area contributed by atoms with Crippen molar-refractivity contribution in [1.82, 2.24) is 5.32 Å². The van der Waals surface area contributed by atoms with E-state index in [4.69, 9.17) is 15.2 Å². The smallest absolute Gasteiger partial charge is 0.237 e. The van der Waals surface area contributed by atoms with Crippen LogP contribution in [0.5, 0.6) is 11.5 Å². The number of methoxy groups -OCH3 is 1. The lowest BCUT2D eigenvalue weighted by Crippen LogP contribution is -2.41. The molecule has 0 bridgehead atoms. The second kappa shape index (κ2) is 10.3. The first-order valence-corrected chi connectivity index (χ1v) is 7.79. The number of hydrogen-bond donors (Lipinski definition) is 2. The summed E-state index contributed by atoms with van der Waals surface area (Å²) in [6, 6.07) is 5.07. The van der Waals surface area contributed by atoms with Crippen LogP contribution in [0.1, 0.15) is 52.1 Å². The predicted octanol–water partition coefficient (Wildman–Crippen LogP) is 3.21. The molecule has 0 heterocycles. The van der Waals surface area contributed by atoms with E-state index in [1.807, 2.05) is 45.9 Å². The van der Waals surface area contributed by atoms with Crippen LogP contribution in [0.3, 0.4) is 0 Å². The topological polar surface area (TPSA) is 73.6 Å². The van der Waals surface area contributed by atoms with Gasteiger partial charge in [0.05, 0.1) is 25.3 Å². The molecule has 3 N–H and O–H groups in total. The highest BCUT2D eigenvalue weighted by Crippen LogP contribution is 2.31. The molecule has 1 amide bonds. The van der Waals surface area contributed by atoms with Crippen molar-refractivity contribution < 1.29 is 14.3 Å². The molecule has 2 unspecified atom stereocenters. The number of amides is 1. The maximum Gasteiger partial charge on any atom is 0.237 e. The minimum atomic E-state index is -0.460. The van der Waals surface area contributed by atoms with Gasteiger partial charge in [-0.2, -0.15) is 0 Å². The van der Waals surface area contributed by atoms with Gasteiger partial charge in [-0.3, -0.25) is 4.79 Å². The zero-order valence-electron chi connectivity index (χ0n) is 14.6. The van der Waals surface area contributed by atoms with Gasteiger partial charge in [-0.05, 0) is 44.9 Å². The quantitative estimate of drug-likeness (QED) is 0.759. The first-order chi connectivity index (χ1) is 10.4. The van der Waals surface area contributed by atoms with Gasteiger partial charge in [0, 0.05) is 0 Å². The summed E-state index contributed by atoms with van der Waals surface area (Å²) in [5.41, 5.74) is 6.78. The van der Waals surface area contributed by atoms with Crippen LogP contribution in [-0.4, -0.2) is 25.2 Å². The third-order valence-electron chi connectivity index (χ3n) is 3.35. The summed E-state index contributed by atoms with van der Waals surface area (Å²) < 4.78 is 11.1. The number of carbonyl (C=O) groups is 1. The molecule has 0 fully saturated rings. The van der Waals surface area contributed by atoms with Crippen LogP contribution in [0.2, 0.25) is 0 Å². The van der Waals surface area contributed by atoms with E-state index >= 15 is 0 Å². The Bertz CT molecular complexity index is 495. The molecule has 1 aromatic carbocycles. The lowest BCUT2D eigenvalue weighted by Gasteiger charge is -2.20. The SMILES string of the molecule is CCCC(N)C(=O)NC(C)c1ccc(OC(C)C)c(OC)c1.Cl. The van der Waals surface area contributed by atoms with E-state index in [1.54, 1.807) is 7.11 Å². The molecule has 5 nitrogen and oxygen atoms in total. The van der Waals surface area contributed by atoms with Gasteiger partial charge in [-0.1, -0.05) is 19.4 Å². The second-order valence-corrected chi connectivity index (χ2v) is 5.70. The Morgan fingerprint density at radius 3 is 2.43 bits per heavy atom. The number of rotatable bonds is 8. The molecule has 0 aliphatic rings. The number of nitrogens with two attached hydrogens (primary N) is 1. The van der Waals surface area contributed by atoms with Gasteiger partial charge in [0.2, 0.25) is 5.91 Å². The summed E-state index contributed by atoms with van der Waals surface area (Å²) in [5.74, 6) is 1.23. The highest BCUT2D eigenvalue weighted by Gasteiger charge is 2.17. The number of ether oxygens (including phenoxy) is 2. The number of benzene rings is 1. The standard InChI is InChI=1S/C17H28N2O3.ClH/c1-6-7-14(18)17(20)19-12(4)13-8-9-15(22-11(2)3)16(10-13)21-5;/h8-12,14H,6-7,18H2,1-5H3,(H,19,20);1H. The minimum absolute atomic E-state index is 0. The van der Waals surface area contributed by atoms with E-state index in [2.05, 4.69) is 5.32 Å². The van der Waals surface area contributed by atoms with E-state index in [0.29, 0.717) is 17.9 Å². The minimum Gasteiger partial charge on any atom is -0.493 e. The molecule has 0 radical (unpaired) electrons. The molecule has 0 saturated carbocycles. The third-order valence-corrected chi connectivity index (χ3v) is 3.35. The summed E-state index contributed by atoms with van der Waals surface area (Å²) in [5, 5.41) is 2.93. The molecule has 23 heavy (non-hydrogen) atoms. The normalized spacial score (nSPS) is 13.0. The highest BCUT2D eigenvalue weighted by molar-refractivity contribution is 5.85. The molecule has 2 atom stereocenters. The second-order valence-electron chi connectivity index (χ2n) is 5.70. The van der Waals surface area contributed by atoms with Crippen LogP contribution >= 0.6 is 12.4 Å². The van der Waals surface area contributed by atoms with Crippen LogP contribution in [0.25, 0.3) is 0 Å². The molecule has 6 heteroatoms. The summed E-state index contributed by atoms with van der Waals surface area (Å²) in [6.07, 6.45) is 1.64. The molecule has 0 aliphatic carbocycles. The first-order valence-electron chi connectivity index (χ1n) is 7.79. The van der Waals surface area contributed by atoms with Crippen molar-refractivity contribution in [3.8, 4) is 11.5 Å². The molecule has 0 spiro atoms. The van der Waals surface area contributed by atoms with Crippen molar-refractivity contribution in [3.63, 3.8) is 0 Å². The molecule has 132 valence electrons. The van der Waals surface area contributed by atoms with Crippen molar-refractivity contribution in [2.24, 2.45) is 5.73 Å². The summed E-state index contributed by atoms with van der Waals surface area (Å²) in [6.45, 7) is 7.86. The van der Waals surface area contributed by atoms with Gasteiger partial charge in [0.15, 0.2) is 11.5 Å². The third kappa shape index (κ3) is 6.67. The average molecular weight is 345 g/mol. The van der Waals surface area contributed by atoms with E-state index in [-0.39, 0.29) is 30.5 Å². The van der Waals surface area contributed by atoms with Crippen molar-refractivity contribution >= 4 is 18.3 Å². The fraction of sp³-hybridized carbons (Fsp3) is 0.588. The maximum absolute atomic E-state index is 12.0. The molecule has 0 saturated heterocycles. The summed E-state index contributed by atoms with van der Waals surface area (Å²) in [4.78, 5) is 12.0. The Morgan fingerprint density at radius 1 is 1.26 bits per heavy atom. The number of hydrogen-bond acceptors (Lipinski definition) is 4. The number of carbonyl (C=O) groups excluding carboxylic acids is 1. The van der Waals surface area contributed by atoms with Crippen LogP contribution in [0, 0.1) is 0 Å². The molecule has 1 aromatic rings. The van der Waals surface area contributed by atoms with E-state index in [9.17, 15) is 4.79 Å². The van der Waals surface area contributed by atoms with Gasteiger partial charge in [-0.15, -0.1) is 12.4 Å². The van der Waals surface area contributed by atoms with E-state index in [0.717, 1.165) is 12.0 Å². The molecular weight excluding hydrogens is 316 g/mol. The lowest BCUT2D eigenvalue weighted by molar-refractivity contribution is -0.123. The van der Waals surface area contributed by atoms with Crippen molar-refractivity contribution in [2.45, 2.75) is 58.7 Å². The summed E-state index contributed by atoms with van der Waals surface area (Å²) in [7, 11) is 1.60. The van der Waals surface area contributed by atoms with Crippen LogP contribution in [-0.2, 0) is 4.79 Å². The fourth-order valence-corrected chi connectivity index (χ4v) is 2.15. The van der Waals surface area contributed by atoms with Gasteiger partial charge >= 0.3 is 0 Å². The fourth-order valence-electron chi connectivity index (χ4n) is 2.15. The van der Waals surface area contributed by atoms with Crippen molar-refractivity contribution in [2.75, 3.05) is 7.11 Å². The lowest BCUT2D eigenvalue weighted by atomic mass is 10.1. The van der Waals surface area contributed by atoms with Gasteiger partial charge in [0.25, 0.3) is 0 Å². The number of halogens is 1. The van der Waals surface area contributed by atoms with Crippen molar-refractivity contribution in [1.29, 1.82) is 0 Å². The predicted molar refractivity (Wildman–Crippen MR) is 95.4 cm³/mol. The van der Waals surface area contributed by atoms with Gasteiger partial charge < -0.3 is 20.5 Å². The maximum atomic E-state index is 12.0. The zero-order valence-corrected chi connectivity index (χ0v) is 15.4. The van der Waals surface area contributed by atoms with Crippen molar-refractivity contribution in [3.05, 3.63) is 23.8 Å². The Kier molecular flexibility index (Phi) is 9.68. The largest absolute Gasteiger partial charge is 0.493 e. The van der Waals surface area contributed by atoms with Gasteiger partial charge in [0.1, 0.15) is 0 Å². The first kappa shape index (κ1) is 21.5. The Balaban J connectivity index is 0.00000484. The van der Waals surface area contributed by atoms with Crippen LogP contribution < -0.4 is 20.5 Å². The van der Waals surface area contributed by atoms with E-state index < -0.39 is 6.04 Å². The Morgan fingerprint density at radius 2 is 1.91 bits per heavy atom. The average Bonchev–Trinajstić information content (AvgIpc) is 2.47. The van der Waals surface area contributed by atoms with Gasteiger partial charge in [-0.25, -0.2) is 0 Å². The summed E-state index contributed by atoms with van der Waals surface area (Å²) >= 11 is 0. The molecule has 0 aromatic heterocycles. The van der Waals surface area contributed by atoms with Crippen LogP contribution in [0.4, 0.5) is 0 Å². The molecular formula is C17H29ClN2O3.